The summed E-state index contributed by atoms with van der Waals surface area (Å²) in [7, 11) is 0. The van der Waals surface area contributed by atoms with E-state index >= 15 is 0 Å². The Labute approximate surface area is 122 Å². The highest BCUT2D eigenvalue weighted by Crippen LogP contribution is 2.28. The highest BCUT2D eigenvalue weighted by Gasteiger charge is 2.42. The Morgan fingerprint density at radius 3 is 3.05 bits per heavy atom. The van der Waals surface area contributed by atoms with Crippen molar-refractivity contribution in [3.05, 3.63) is 12.2 Å². The number of nitrogens with zero attached hydrogens (tertiary/aromatic N) is 4. The largest absolute Gasteiger partial charge is 0.393 e. The first kappa shape index (κ1) is 12.8. The van der Waals surface area contributed by atoms with Crippen molar-refractivity contribution in [2.75, 3.05) is 6.61 Å². The Hall–Kier alpha value is -1.93. The lowest BCUT2D eigenvalue weighted by molar-refractivity contribution is -0.0351. The summed E-state index contributed by atoms with van der Waals surface area (Å²) in [6.07, 6.45) is 6.94. The van der Waals surface area contributed by atoms with Gasteiger partial charge in [0.1, 0.15) is 18.0 Å². The quantitative estimate of drug-likeness (QED) is 0.565. The second kappa shape index (κ2) is 4.81. The number of aliphatic imine (C=N–C) groups is 3. The molecule has 8 nitrogen and oxygen atoms in total. The van der Waals surface area contributed by atoms with Crippen molar-refractivity contribution >= 4 is 18.1 Å². The summed E-state index contributed by atoms with van der Waals surface area (Å²) in [4.78, 5) is 15.5. The smallest absolute Gasteiger partial charge is 0.196 e. The third-order valence-electron chi connectivity index (χ3n) is 3.90. The van der Waals surface area contributed by atoms with Gasteiger partial charge in [-0.05, 0) is 18.9 Å². The fourth-order valence-electron chi connectivity index (χ4n) is 2.67. The van der Waals surface area contributed by atoms with Crippen LogP contribution in [-0.4, -0.2) is 65.3 Å². The van der Waals surface area contributed by atoms with Crippen LogP contribution in [0, 0.1) is 0 Å². The Morgan fingerprint density at radius 1 is 1.48 bits per heavy atom. The molecule has 1 fully saturated rings. The fraction of sp³-hybridized carbons (Fsp3) is 0.615. The van der Waals surface area contributed by atoms with Gasteiger partial charge in [-0.2, -0.15) is 0 Å². The first-order valence-corrected chi connectivity index (χ1v) is 7.18. The SMILES string of the molecule is NC1=NC2C(N=CN2[C@H]2C=C[C@@H](CO)O2)C(=NC2CC2)N1. The lowest BCUT2D eigenvalue weighted by atomic mass is 10.2. The van der Waals surface area contributed by atoms with Gasteiger partial charge in [0.05, 0.1) is 19.0 Å². The van der Waals surface area contributed by atoms with Crippen molar-refractivity contribution in [2.24, 2.45) is 20.7 Å². The van der Waals surface area contributed by atoms with Crippen LogP contribution in [-0.2, 0) is 4.74 Å². The van der Waals surface area contributed by atoms with E-state index < -0.39 is 0 Å². The predicted octanol–water partition coefficient (Wildman–Crippen LogP) is -1.22. The van der Waals surface area contributed by atoms with Gasteiger partial charge in [0.15, 0.2) is 18.4 Å². The molecule has 2 unspecified atom stereocenters. The minimum Gasteiger partial charge on any atom is -0.393 e. The highest BCUT2D eigenvalue weighted by molar-refractivity contribution is 6.05. The summed E-state index contributed by atoms with van der Waals surface area (Å²) in [5, 5.41) is 12.2. The maximum absolute atomic E-state index is 9.14. The van der Waals surface area contributed by atoms with Crippen LogP contribution in [0.1, 0.15) is 12.8 Å². The molecule has 3 aliphatic heterocycles. The van der Waals surface area contributed by atoms with E-state index in [2.05, 4.69) is 20.3 Å². The predicted molar refractivity (Wildman–Crippen MR) is 78.0 cm³/mol. The monoisotopic (exact) mass is 290 g/mol. The number of nitrogens with one attached hydrogen (secondary N) is 1. The maximum atomic E-state index is 9.14. The van der Waals surface area contributed by atoms with Gasteiger partial charge < -0.3 is 25.8 Å². The zero-order chi connectivity index (χ0) is 14.4. The van der Waals surface area contributed by atoms with E-state index in [-0.39, 0.29) is 31.1 Å². The number of amidine groups is 1. The standard InChI is InChI=1S/C13H18N6O2/c14-13-17-11(16-7-1-2-7)10-12(18-13)19(6-15-10)9-4-3-8(5-20)21-9/h3-4,6-10,12,20H,1-2,5H2,(H3,14,16,17,18)/t8-,9+,10?,12?/m0/s1. The average molecular weight is 290 g/mol. The molecular weight excluding hydrogens is 272 g/mol. The van der Waals surface area contributed by atoms with Crippen molar-refractivity contribution in [1.82, 2.24) is 10.2 Å². The molecule has 0 radical (unpaired) electrons. The van der Waals surface area contributed by atoms with Crippen molar-refractivity contribution in [3.8, 4) is 0 Å². The molecule has 8 heteroatoms. The Bertz CT molecular complexity index is 553. The minimum absolute atomic E-state index is 0.0343. The fourth-order valence-corrected chi connectivity index (χ4v) is 2.67. The van der Waals surface area contributed by atoms with Gasteiger partial charge in [-0.25, -0.2) is 4.99 Å². The second-order valence-corrected chi connectivity index (χ2v) is 5.59. The molecule has 21 heavy (non-hydrogen) atoms. The van der Waals surface area contributed by atoms with E-state index in [9.17, 15) is 0 Å². The molecule has 0 aromatic rings. The molecule has 4 atom stereocenters. The number of aliphatic hydroxyl groups excluding tert-OH is 1. The van der Waals surface area contributed by atoms with E-state index in [0.717, 1.165) is 18.7 Å². The highest BCUT2D eigenvalue weighted by atomic mass is 16.5. The van der Waals surface area contributed by atoms with E-state index in [1.807, 2.05) is 17.1 Å². The lowest BCUT2D eigenvalue weighted by Gasteiger charge is -2.32. The molecule has 0 aromatic carbocycles. The summed E-state index contributed by atoms with van der Waals surface area (Å²) in [6.45, 7) is -0.0343. The van der Waals surface area contributed by atoms with E-state index in [1.165, 1.54) is 0 Å². The van der Waals surface area contributed by atoms with E-state index in [1.54, 1.807) is 6.34 Å². The number of hydrogen-bond donors (Lipinski definition) is 3. The normalized spacial score (nSPS) is 39.6. The molecule has 112 valence electrons. The van der Waals surface area contributed by atoms with Gasteiger partial charge in [0, 0.05) is 0 Å². The van der Waals surface area contributed by atoms with Crippen LogP contribution in [0.4, 0.5) is 0 Å². The molecule has 0 bridgehead atoms. The molecule has 1 saturated carbocycles. The van der Waals surface area contributed by atoms with Crippen molar-refractivity contribution < 1.29 is 9.84 Å². The lowest BCUT2D eigenvalue weighted by Crippen LogP contribution is -2.55. The van der Waals surface area contributed by atoms with E-state index in [0.29, 0.717) is 12.0 Å². The zero-order valence-electron chi connectivity index (χ0n) is 11.5. The molecule has 4 aliphatic rings. The Kier molecular flexibility index (Phi) is 2.93. The third-order valence-corrected chi connectivity index (χ3v) is 3.90. The van der Waals surface area contributed by atoms with Crippen LogP contribution in [0.5, 0.6) is 0 Å². The summed E-state index contributed by atoms with van der Waals surface area (Å²) in [5.74, 6) is 1.14. The Morgan fingerprint density at radius 2 is 2.33 bits per heavy atom. The molecule has 4 N–H and O–H groups in total. The van der Waals surface area contributed by atoms with Crippen LogP contribution in [0.3, 0.4) is 0 Å². The number of ether oxygens (including phenoxy) is 1. The van der Waals surface area contributed by atoms with Crippen LogP contribution >= 0.6 is 0 Å². The molecule has 4 rings (SSSR count). The van der Waals surface area contributed by atoms with Gasteiger partial charge >= 0.3 is 0 Å². The summed E-state index contributed by atoms with van der Waals surface area (Å²) in [5.41, 5.74) is 5.87. The van der Waals surface area contributed by atoms with Gasteiger partial charge in [-0.15, -0.1) is 0 Å². The number of guanidine groups is 1. The molecule has 3 heterocycles. The maximum Gasteiger partial charge on any atom is 0.196 e. The second-order valence-electron chi connectivity index (χ2n) is 5.59. The number of aliphatic hydroxyl groups is 1. The Balaban J connectivity index is 1.56. The molecular formula is C13H18N6O2. The molecule has 0 saturated heterocycles. The minimum atomic E-state index is -0.280. The first-order valence-electron chi connectivity index (χ1n) is 7.18. The van der Waals surface area contributed by atoms with Gasteiger partial charge in [0.25, 0.3) is 0 Å². The topological polar surface area (TPSA) is 108 Å². The number of hydrogen-bond acceptors (Lipinski definition) is 7. The molecule has 0 amide bonds. The van der Waals surface area contributed by atoms with E-state index in [4.69, 9.17) is 15.6 Å². The molecule has 0 spiro atoms. The average Bonchev–Trinajstić information content (AvgIpc) is 3.01. The number of fused-ring (bicyclic) bond motifs is 1. The van der Waals surface area contributed by atoms with Gasteiger partial charge in [-0.1, -0.05) is 6.08 Å². The van der Waals surface area contributed by atoms with Crippen LogP contribution < -0.4 is 11.1 Å². The van der Waals surface area contributed by atoms with Crippen LogP contribution in [0.15, 0.2) is 27.1 Å². The van der Waals surface area contributed by atoms with Gasteiger partial charge in [0.2, 0.25) is 0 Å². The number of rotatable bonds is 3. The van der Waals surface area contributed by atoms with Crippen LogP contribution in [0.2, 0.25) is 0 Å². The first-order chi connectivity index (χ1) is 10.2. The summed E-state index contributed by atoms with van der Waals surface area (Å²) >= 11 is 0. The third kappa shape index (κ3) is 2.30. The summed E-state index contributed by atoms with van der Waals surface area (Å²) < 4.78 is 5.71. The summed E-state index contributed by atoms with van der Waals surface area (Å²) in [6, 6.07) is 0.229. The van der Waals surface area contributed by atoms with Crippen molar-refractivity contribution in [3.63, 3.8) is 0 Å². The zero-order valence-corrected chi connectivity index (χ0v) is 11.5. The van der Waals surface area contributed by atoms with Crippen LogP contribution in [0.25, 0.3) is 0 Å². The molecule has 1 aliphatic carbocycles. The van der Waals surface area contributed by atoms with Crippen molar-refractivity contribution in [2.45, 2.75) is 43.4 Å². The van der Waals surface area contributed by atoms with Gasteiger partial charge in [-0.3, -0.25) is 9.98 Å². The van der Waals surface area contributed by atoms with Crippen molar-refractivity contribution in [1.29, 1.82) is 0 Å². The molecule has 0 aromatic heterocycles. The number of nitrogens with two attached hydrogens (primary N) is 1.